The summed E-state index contributed by atoms with van der Waals surface area (Å²) in [4.78, 5) is 23.4. The van der Waals surface area contributed by atoms with E-state index >= 15 is 0 Å². The first kappa shape index (κ1) is 20.1. The quantitative estimate of drug-likeness (QED) is 0.255. The minimum absolute atomic E-state index is 0.130. The SMILES string of the molecule is CN(C(=O)Cc1c(-c2ccc(I)cc2)nc2ccc(Cl)cn12)c1cccnc1Cl. The van der Waals surface area contributed by atoms with Crippen LogP contribution in [0.5, 0.6) is 0 Å². The predicted molar refractivity (Wildman–Crippen MR) is 125 cm³/mol. The third kappa shape index (κ3) is 4.10. The van der Waals surface area contributed by atoms with Gasteiger partial charge < -0.3 is 9.30 Å². The molecule has 3 aromatic heterocycles. The molecule has 0 aliphatic carbocycles. The Hall–Kier alpha value is -2.16. The molecular formula is C21H15Cl2IN4O. The minimum Gasteiger partial charge on any atom is -0.312 e. The summed E-state index contributed by atoms with van der Waals surface area (Å²) in [6.07, 6.45) is 3.50. The molecule has 0 aliphatic rings. The van der Waals surface area contributed by atoms with Crippen LogP contribution in [-0.2, 0) is 11.2 Å². The van der Waals surface area contributed by atoms with Gasteiger partial charge in [0.2, 0.25) is 5.91 Å². The third-order valence-corrected chi connectivity index (χ3v) is 5.83. The highest BCUT2D eigenvalue weighted by Crippen LogP contribution is 2.28. The number of rotatable bonds is 4. The lowest BCUT2D eigenvalue weighted by atomic mass is 10.1. The number of fused-ring (bicyclic) bond motifs is 1. The van der Waals surface area contributed by atoms with Crippen molar-refractivity contribution in [3.8, 4) is 11.3 Å². The van der Waals surface area contributed by atoms with Crippen molar-refractivity contribution in [3.63, 3.8) is 0 Å². The smallest absolute Gasteiger partial charge is 0.232 e. The Morgan fingerprint density at radius 2 is 1.90 bits per heavy atom. The van der Waals surface area contributed by atoms with Crippen LogP contribution in [0.4, 0.5) is 5.69 Å². The number of hydrogen-bond donors (Lipinski definition) is 0. The second-order valence-electron chi connectivity index (χ2n) is 6.43. The van der Waals surface area contributed by atoms with Gasteiger partial charge in [0, 0.05) is 28.6 Å². The molecule has 29 heavy (non-hydrogen) atoms. The van der Waals surface area contributed by atoms with Crippen LogP contribution in [0.25, 0.3) is 16.9 Å². The van der Waals surface area contributed by atoms with Gasteiger partial charge in [-0.1, -0.05) is 35.3 Å². The predicted octanol–water partition coefficient (Wildman–Crippen LogP) is 5.51. The van der Waals surface area contributed by atoms with Crippen LogP contribution in [-0.4, -0.2) is 27.3 Å². The van der Waals surface area contributed by atoms with Gasteiger partial charge in [-0.05, 0) is 59.0 Å². The molecule has 1 aromatic carbocycles. The van der Waals surface area contributed by atoms with Gasteiger partial charge in [0.15, 0.2) is 5.15 Å². The minimum atomic E-state index is -0.131. The van der Waals surface area contributed by atoms with E-state index in [2.05, 4.69) is 27.6 Å². The molecule has 0 unspecified atom stereocenters. The van der Waals surface area contributed by atoms with E-state index in [-0.39, 0.29) is 17.5 Å². The number of imidazole rings is 1. The molecule has 8 heteroatoms. The molecule has 0 atom stereocenters. The van der Waals surface area contributed by atoms with Crippen molar-refractivity contribution < 1.29 is 4.79 Å². The van der Waals surface area contributed by atoms with Crippen molar-refractivity contribution in [3.05, 3.63) is 80.4 Å². The molecule has 5 nitrogen and oxygen atoms in total. The first-order valence-electron chi connectivity index (χ1n) is 8.73. The monoisotopic (exact) mass is 536 g/mol. The van der Waals surface area contributed by atoms with E-state index in [1.165, 1.54) is 4.90 Å². The number of nitrogens with zero attached hydrogens (tertiary/aromatic N) is 4. The van der Waals surface area contributed by atoms with Crippen LogP contribution >= 0.6 is 45.8 Å². The highest BCUT2D eigenvalue weighted by atomic mass is 127. The molecule has 0 bridgehead atoms. The number of likely N-dealkylation sites (N-methyl/N-ethyl adjacent to an activating group) is 1. The van der Waals surface area contributed by atoms with Crippen LogP contribution in [0.1, 0.15) is 5.69 Å². The maximum Gasteiger partial charge on any atom is 0.232 e. The summed E-state index contributed by atoms with van der Waals surface area (Å²) < 4.78 is 2.99. The number of amides is 1. The molecule has 0 fully saturated rings. The maximum atomic E-state index is 13.1. The zero-order valence-corrected chi connectivity index (χ0v) is 19.0. The van der Waals surface area contributed by atoms with Crippen LogP contribution in [0.15, 0.2) is 60.9 Å². The van der Waals surface area contributed by atoms with E-state index in [0.29, 0.717) is 10.7 Å². The second kappa shape index (κ2) is 8.30. The molecular weight excluding hydrogens is 522 g/mol. The van der Waals surface area contributed by atoms with E-state index in [4.69, 9.17) is 28.2 Å². The van der Waals surface area contributed by atoms with Gasteiger partial charge in [0.05, 0.1) is 28.5 Å². The van der Waals surface area contributed by atoms with Crippen molar-refractivity contribution in [2.75, 3.05) is 11.9 Å². The standard InChI is InChI=1S/C21H15Cl2IN4O/c1-27(16-3-2-10-25-21(16)23)19(29)11-17-20(13-4-7-15(24)8-5-13)26-18-9-6-14(22)12-28(17)18/h2-10,12H,11H2,1H3. The Labute approximate surface area is 191 Å². The Bertz CT molecular complexity index is 1210. The highest BCUT2D eigenvalue weighted by molar-refractivity contribution is 14.1. The van der Waals surface area contributed by atoms with Gasteiger partial charge in [-0.2, -0.15) is 0 Å². The van der Waals surface area contributed by atoms with Gasteiger partial charge in [-0.3, -0.25) is 4.79 Å². The summed E-state index contributed by atoms with van der Waals surface area (Å²) in [5, 5.41) is 0.851. The van der Waals surface area contributed by atoms with Crippen molar-refractivity contribution >= 4 is 63.0 Å². The lowest BCUT2D eigenvalue weighted by Gasteiger charge is -2.18. The lowest BCUT2D eigenvalue weighted by Crippen LogP contribution is -2.28. The van der Waals surface area contributed by atoms with E-state index in [0.717, 1.165) is 26.2 Å². The fourth-order valence-corrected chi connectivity index (χ4v) is 3.87. The molecule has 0 saturated carbocycles. The van der Waals surface area contributed by atoms with Gasteiger partial charge >= 0.3 is 0 Å². The summed E-state index contributed by atoms with van der Waals surface area (Å²) >= 11 is 14.6. The summed E-state index contributed by atoms with van der Waals surface area (Å²) in [6, 6.07) is 15.2. The van der Waals surface area contributed by atoms with Crippen molar-refractivity contribution in [1.82, 2.24) is 14.4 Å². The van der Waals surface area contributed by atoms with E-state index in [9.17, 15) is 4.79 Å². The number of carbonyl (C=O) groups is 1. The molecule has 0 N–H and O–H groups in total. The second-order valence-corrected chi connectivity index (χ2v) is 8.47. The number of pyridine rings is 2. The molecule has 0 spiro atoms. The van der Waals surface area contributed by atoms with Crippen molar-refractivity contribution in [2.45, 2.75) is 6.42 Å². The maximum absolute atomic E-state index is 13.1. The Balaban J connectivity index is 1.78. The lowest BCUT2D eigenvalue weighted by molar-refractivity contribution is -0.117. The fraction of sp³-hybridized carbons (Fsp3) is 0.0952. The summed E-state index contributed by atoms with van der Waals surface area (Å²) in [6.45, 7) is 0. The number of carbonyl (C=O) groups excluding carboxylic acids is 1. The largest absolute Gasteiger partial charge is 0.312 e. The number of benzene rings is 1. The number of aromatic nitrogens is 3. The first-order valence-corrected chi connectivity index (χ1v) is 10.6. The van der Waals surface area contributed by atoms with Gasteiger partial charge in [0.25, 0.3) is 0 Å². The Kier molecular flexibility index (Phi) is 5.76. The van der Waals surface area contributed by atoms with E-state index in [1.807, 2.05) is 34.7 Å². The number of anilines is 1. The zero-order chi connectivity index (χ0) is 20.5. The van der Waals surface area contributed by atoms with Crippen LogP contribution in [0, 0.1) is 3.57 Å². The Morgan fingerprint density at radius 1 is 1.14 bits per heavy atom. The van der Waals surface area contributed by atoms with Crippen molar-refractivity contribution in [1.29, 1.82) is 0 Å². The normalized spacial score (nSPS) is 11.0. The van der Waals surface area contributed by atoms with Crippen LogP contribution < -0.4 is 4.90 Å². The Morgan fingerprint density at radius 3 is 2.62 bits per heavy atom. The third-order valence-electron chi connectivity index (χ3n) is 4.59. The van der Waals surface area contributed by atoms with E-state index in [1.54, 1.807) is 37.6 Å². The molecule has 0 aliphatic heterocycles. The topological polar surface area (TPSA) is 50.5 Å². The molecule has 1 amide bonds. The summed E-state index contributed by atoms with van der Waals surface area (Å²) in [7, 11) is 1.69. The molecule has 0 radical (unpaired) electrons. The summed E-state index contributed by atoms with van der Waals surface area (Å²) in [5.74, 6) is -0.131. The fourth-order valence-electron chi connectivity index (χ4n) is 3.10. The van der Waals surface area contributed by atoms with Gasteiger partial charge in [-0.25, -0.2) is 9.97 Å². The van der Waals surface area contributed by atoms with Crippen LogP contribution in [0.3, 0.4) is 0 Å². The summed E-state index contributed by atoms with van der Waals surface area (Å²) in [5.41, 5.74) is 3.74. The number of halogens is 3. The van der Waals surface area contributed by atoms with E-state index < -0.39 is 0 Å². The zero-order valence-electron chi connectivity index (χ0n) is 15.3. The molecule has 3 heterocycles. The average Bonchev–Trinajstić information content (AvgIpc) is 3.06. The first-order chi connectivity index (χ1) is 13.9. The number of hydrogen-bond acceptors (Lipinski definition) is 3. The van der Waals surface area contributed by atoms with Gasteiger partial charge in [0.1, 0.15) is 5.65 Å². The molecule has 4 rings (SSSR count). The average molecular weight is 537 g/mol. The molecule has 0 saturated heterocycles. The van der Waals surface area contributed by atoms with Gasteiger partial charge in [-0.15, -0.1) is 0 Å². The van der Waals surface area contributed by atoms with Crippen LogP contribution in [0.2, 0.25) is 10.2 Å². The van der Waals surface area contributed by atoms with Crippen molar-refractivity contribution in [2.24, 2.45) is 0 Å². The molecule has 146 valence electrons. The molecule has 4 aromatic rings. The highest BCUT2D eigenvalue weighted by Gasteiger charge is 2.21.